The number of carbonyl (C=O) groups is 1. The first-order valence-corrected chi connectivity index (χ1v) is 9.40. The van der Waals surface area contributed by atoms with Crippen LogP contribution in [0.4, 0.5) is 0 Å². The van der Waals surface area contributed by atoms with Crippen LogP contribution >= 0.6 is 0 Å². The van der Waals surface area contributed by atoms with E-state index in [4.69, 9.17) is 4.74 Å². The molecular weight excluding hydrogens is 330 g/mol. The number of tetrazole rings is 1. The van der Waals surface area contributed by atoms with Crippen molar-refractivity contribution in [3.63, 3.8) is 0 Å². The molecule has 1 fully saturated rings. The molecule has 0 unspecified atom stereocenters. The average Bonchev–Trinajstić information content (AvgIpc) is 3.08. The van der Waals surface area contributed by atoms with Crippen molar-refractivity contribution in [1.82, 2.24) is 25.1 Å². The molecule has 0 aliphatic carbocycles. The normalized spacial score (nSPS) is 20.2. The first kappa shape index (κ1) is 18.4. The summed E-state index contributed by atoms with van der Waals surface area (Å²) in [6.07, 6.45) is 4.26. The lowest BCUT2D eigenvalue weighted by molar-refractivity contribution is -0.138. The number of ether oxygens (including phenoxy) is 1. The monoisotopic (exact) mass is 357 g/mol. The summed E-state index contributed by atoms with van der Waals surface area (Å²) in [6, 6.07) is 8.14. The van der Waals surface area contributed by atoms with E-state index in [1.54, 1.807) is 0 Å². The molecule has 140 valence electrons. The fraction of sp³-hybridized carbons (Fsp3) is 0.579. The Morgan fingerprint density at radius 2 is 1.88 bits per heavy atom. The van der Waals surface area contributed by atoms with Crippen LogP contribution in [0.3, 0.4) is 0 Å². The lowest BCUT2D eigenvalue weighted by Gasteiger charge is -2.38. The smallest absolute Gasteiger partial charge is 0.246 e. The lowest BCUT2D eigenvalue weighted by atomic mass is 9.97. The Bertz CT molecular complexity index is 718. The number of likely N-dealkylation sites (tertiary alicyclic amines) is 1. The van der Waals surface area contributed by atoms with Gasteiger partial charge in [0.2, 0.25) is 11.7 Å². The Balaban J connectivity index is 1.65. The highest BCUT2D eigenvalue weighted by molar-refractivity contribution is 5.76. The van der Waals surface area contributed by atoms with E-state index >= 15 is 0 Å². The maximum Gasteiger partial charge on any atom is 0.246 e. The van der Waals surface area contributed by atoms with Crippen molar-refractivity contribution >= 4 is 5.91 Å². The Kier molecular flexibility index (Phi) is 5.85. The van der Waals surface area contributed by atoms with Gasteiger partial charge in [-0.15, -0.1) is 10.2 Å². The van der Waals surface area contributed by atoms with Crippen molar-refractivity contribution in [1.29, 1.82) is 0 Å². The molecule has 0 spiro atoms. The zero-order valence-electron chi connectivity index (χ0n) is 15.8. The van der Waals surface area contributed by atoms with Gasteiger partial charge in [-0.25, -0.2) is 0 Å². The van der Waals surface area contributed by atoms with Crippen molar-refractivity contribution in [3.8, 4) is 17.1 Å². The molecule has 0 saturated carbocycles. The Labute approximate surface area is 154 Å². The highest BCUT2D eigenvalue weighted by atomic mass is 16.5. The van der Waals surface area contributed by atoms with E-state index in [1.165, 1.54) is 11.2 Å². The molecule has 1 aliphatic rings. The minimum Gasteiger partial charge on any atom is -0.494 e. The summed E-state index contributed by atoms with van der Waals surface area (Å²) in [5, 5.41) is 12.5. The van der Waals surface area contributed by atoms with Gasteiger partial charge in [0, 0.05) is 17.6 Å². The third-order valence-electron chi connectivity index (χ3n) is 4.80. The molecule has 1 amide bonds. The summed E-state index contributed by atoms with van der Waals surface area (Å²) >= 11 is 0. The first-order valence-electron chi connectivity index (χ1n) is 9.40. The summed E-state index contributed by atoms with van der Waals surface area (Å²) in [5.74, 6) is 1.39. The molecule has 0 N–H and O–H groups in total. The second-order valence-electron chi connectivity index (χ2n) is 6.95. The van der Waals surface area contributed by atoms with Gasteiger partial charge in [0.1, 0.15) is 12.3 Å². The van der Waals surface area contributed by atoms with Gasteiger partial charge in [-0.05, 0) is 69.0 Å². The minimum absolute atomic E-state index is 0.0527. The quantitative estimate of drug-likeness (QED) is 0.795. The van der Waals surface area contributed by atoms with Gasteiger partial charge < -0.3 is 9.64 Å². The summed E-state index contributed by atoms with van der Waals surface area (Å²) < 4.78 is 5.58. The first-order chi connectivity index (χ1) is 12.6. The standard InChI is InChI=1S/C19H27N5O2/c1-4-12-26-17-10-8-16(9-11-17)19-20-22-23(21-19)13-18(25)24-14(2)6-5-7-15(24)3/h8-11,14-15H,4-7,12-13H2,1-3H3/t14-,15-/m0/s1. The zero-order chi connectivity index (χ0) is 18.5. The second-order valence-corrected chi connectivity index (χ2v) is 6.95. The molecule has 7 nitrogen and oxygen atoms in total. The molecule has 2 atom stereocenters. The largest absolute Gasteiger partial charge is 0.494 e. The van der Waals surface area contributed by atoms with Gasteiger partial charge in [0.25, 0.3) is 0 Å². The average molecular weight is 357 g/mol. The number of aromatic nitrogens is 4. The van der Waals surface area contributed by atoms with Gasteiger partial charge in [0.05, 0.1) is 6.61 Å². The van der Waals surface area contributed by atoms with Crippen molar-refractivity contribution in [2.45, 2.75) is 65.1 Å². The Morgan fingerprint density at radius 1 is 1.19 bits per heavy atom. The van der Waals surface area contributed by atoms with Gasteiger partial charge in [-0.2, -0.15) is 4.80 Å². The maximum atomic E-state index is 12.7. The molecule has 1 aromatic heterocycles. The topological polar surface area (TPSA) is 73.1 Å². The highest BCUT2D eigenvalue weighted by Gasteiger charge is 2.29. The van der Waals surface area contributed by atoms with Crippen LogP contribution in [0.15, 0.2) is 24.3 Å². The molecular formula is C19H27N5O2. The summed E-state index contributed by atoms with van der Waals surface area (Å²) in [5.41, 5.74) is 0.854. The lowest BCUT2D eigenvalue weighted by Crippen LogP contribution is -2.48. The molecule has 1 saturated heterocycles. The van der Waals surface area contributed by atoms with Crippen LogP contribution in [0.1, 0.15) is 46.5 Å². The van der Waals surface area contributed by atoms with Crippen LogP contribution in [-0.2, 0) is 11.3 Å². The molecule has 2 heterocycles. The number of nitrogens with zero attached hydrogens (tertiary/aromatic N) is 5. The van der Waals surface area contributed by atoms with E-state index < -0.39 is 0 Å². The SMILES string of the molecule is CCCOc1ccc(-c2nnn(CC(=O)N3[C@@H](C)CCC[C@@H]3C)n2)cc1. The van der Waals surface area contributed by atoms with E-state index in [9.17, 15) is 4.79 Å². The predicted molar refractivity (Wildman–Crippen MR) is 98.7 cm³/mol. The molecule has 0 bridgehead atoms. The Morgan fingerprint density at radius 3 is 2.54 bits per heavy atom. The van der Waals surface area contributed by atoms with Gasteiger partial charge in [0.15, 0.2) is 0 Å². The summed E-state index contributed by atoms with van der Waals surface area (Å²) in [4.78, 5) is 16.0. The Hall–Kier alpha value is -2.44. The molecule has 3 rings (SSSR count). The number of rotatable bonds is 6. The van der Waals surface area contributed by atoms with Crippen LogP contribution in [-0.4, -0.2) is 49.7 Å². The van der Waals surface area contributed by atoms with E-state index in [0.29, 0.717) is 12.4 Å². The number of amides is 1. The fourth-order valence-corrected chi connectivity index (χ4v) is 3.46. The molecule has 0 radical (unpaired) electrons. The van der Waals surface area contributed by atoms with Crippen LogP contribution in [0, 0.1) is 0 Å². The maximum absolute atomic E-state index is 12.7. The zero-order valence-corrected chi connectivity index (χ0v) is 15.8. The molecule has 26 heavy (non-hydrogen) atoms. The van der Waals surface area contributed by atoms with Crippen molar-refractivity contribution in [3.05, 3.63) is 24.3 Å². The van der Waals surface area contributed by atoms with Crippen molar-refractivity contribution in [2.75, 3.05) is 6.61 Å². The molecule has 7 heteroatoms. The van der Waals surface area contributed by atoms with Crippen molar-refractivity contribution < 1.29 is 9.53 Å². The number of piperidine rings is 1. The number of hydrogen-bond acceptors (Lipinski definition) is 5. The molecule has 2 aromatic rings. The van der Waals surface area contributed by atoms with Gasteiger partial charge in [-0.1, -0.05) is 6.92 Å². The van der Waals surface area contributed by atoms with E-state index in [2.05, 4.69) is 36.2 Å². The van der Waals surface area contributed by atoms with Crippen molar-refractivity contribution in [2.24, 2.45) is 0 Å². The fourth-order valence-electron chi connectivity index (χ4n) is 3.46. The minimum atomic E-state index is 0.0527. The van der Waals surface area contributed by atoms with Crippen LogP contribution in [0.2, 0.25) is 0 Å². The van der Waals surface area contributed by atoms with E-state index in [1.807, 2.05) is 29.2 Å². The molecule has 1 aliphatic heterocycles. The van der Waals surface area contributed by atoms with Gasteiger partial charge >= 0.3 is 0 Å². The predicted octanol–water partition coefficient (Wildman–Crippen LogP) is 2.92. The van der Waals surface area contributed by atoms with E-state index in [0.717, 1.165) is 30.6 Å². The van der Waals surface area contributed by atoms with E-state index in [-0.39, 0.29) is 24.5 Å². The van der Waals surface area contributed by atoms with Crippen LogP contribution in [0.25, 0.3) is 11.4 Å². The highest BCUT2D eigenvalue weighted by Crippen LogP contribution is 2.23. The third-order valence-corrected chi connectivity index (χ3v) is 4.80. The number of benzene rings is 1. The summed E-state index contributed by atoms with van der Waals surface area (Å²) in [7, 11) is 0. The molecule has 1 aromatic carbocycles. The number of hydrogen-bond donors (Lipinski definition) is 0. The number of carbonyl (C=O) groups excluding carboxylic acids is 1. The third kappa shape index (κ3) is 4.20. The van der Waals surface area contributed by atoms with Crippen LogP contribution in [0.5, 0.6) is 5.75 Å². The second kappa shape index (κ2) is 8.29. The van der Waals surface area contributed by atoms with Gasteiger partial charge in [-0.3, -0.25) is 4.79 Å². The summed E-state index contributed by atoms with van der Waals surface area (Å²) in [6.45, 7) is 7.11. The van der Waals surface area contributed by atoms with Crippen LogP contribution < -0.4 is 4.74 Å².